The molecule has 1 aliphatic rings. The zero-order valence-corrected chi connectivity index (χ0v) is 9.84. The van der Waals surface area contributed by atoms with Crippen molar-refractivity contribution in [3.05, 3.63) is 0 Å². The van der Waals surface area contributed by atoms with E-state index in [1.54, 1.807) is 0 Å². The number of nitrogens with zero attached hydrogens (tertiary/aromatic N) is 1. The Hall–Kier alpha value is -1.08. The van der Waals surface area contributed by atoms with Crippen LogP contribution in [0.5, 0.6) is 0 Å². The summed E-state index contributed by atoms with van der Waals surface area (Å²) in [5.41, 5.74) is 0. The molecule has 0 spiro atoms. The van der Waals surface area contributed by atoms with Gasteiger partial charge in [-0.25, -0.2) is 0 Å². The Balaban J connectivity index is 2.31. The maximum absolute atomic E-state index is 11.2. The topological polar surface area (TPSA) is 90.8 Å². The lowest BCUT2D eigenvalue weighted by atomic mass is 10.2. The fraction of sp³-hybridized carbons (Fsp3) is 0.667. The maximum atomic E-state index is 11.2. The van der Waals surface area contributed by atoms with E-state index >= 15 is 0 Å². The number of nitrogens with one attached hydrogen (secondary N) is 2. The van der Waals surface area contributed by atoms with Crippen molar-refractivity contribution >= 4 is 28.7 Å². The predicted molar refractivity (Wildman–Crippen MR) is 62.2 cm³/mol. The van der Waals surface area contributed by atoms with Crippen LogP contribution in [0, 0.1) is 0 Å². The van der Waals surface area contributed by atoms with E-state index in [4.69, 9.17) is 5.11 Å². The van der Waals surface area contributed by atoms with Gasteiger partial charge in [0.2, 0.25) is 11.8 Å². The molecule has 0 aromatic rings. The molecule has 0 fully saturated rings. The van der Waals surface area contributed by atoms with Crippen molar-refractivity contribution < 1.29 is 14.7 Å². The number of amidine groups is 1. The van der Waals surface area contributed by atoms with Crippen molar-refractivity contribution in [2.24, 2.45) is 4.99 Å². The summed E-state index contributed by atoms with van der Waals surface area (Å²) in [7, 11) is 0. The quantitative estimate of drug-likeness (QED) is 0.598. The van der Waals surface area contributed by atoms with Gasteiger partial charge in [0, 0.05) is 13.0 Å². The average Bonchev–Trinajstić information content (AvgIpc) is 2.22. The first-order valence-electron chi connectivity index (χ1n) is 5.00. The van der Waals surface area contributed by atoms with E-state index in [2.05, 4.69) is 15.6 Å². The first-order valence-corrected chi connectivity index (χ1v) is 5.98. The van der Waals surface area contributed by atoms with Crippen molar-refractivity contribution in [3.63, 3.8) is 0 Å². The van der Waals surface area contributed by atoms with Gasteiger partial charge in [0.05, 0.1) is 18.4 Å². The van der Waals surface area contributed by atoms with Crippen LogP contribution in [-0.4, -0.2) is 47.0 Å². The number of rotatable bonds is 4. The van der Waals surface area contributed by atoms with E-state index in [9.17, 15) is 9.59 Å². The van der Waals surface area contributed by atoms with Gasteiger partial charge in [-0.3, -0.25) is 14.6 Å². The highest BCUT2D eigenvalue weighted by Crippen LogP contribution is 2.10. The molecule has 0 aromatic heterocycles. The maximum Gasteiger partial charge on any atom is 0.230 e. The summed E-state index contributed by atoms with van der Waals surface area (Å²) in [5.74, 6) is -0.0683. The molecular formula is C9H15N3O3S. The SMILES string of the molecule is CC1CC(=O)NC(SCC(=O)NCCO)=N1. The second-order valence-corrected chi connectivity index (χ2v) is 4.36. The summed E-state index contributed by atoms with van der Waals surface area (Å²) < 4.78 is 0. The minimum atomic E-state index is -0.186. The van der Waals surface area contributed by atoms with E-state index in [-0.39, 0.29) is 36.8 Å². The average molecular weight is 245 g/mol. The summed E-state index contributed by atoms with van der Waals surface area (Å²) in [4.78, 5) is 26.6. The van der Waals surface area contributed by atoms with Gasteiger partial charge >= 0.3 is 0 Å². The molecule has 1 aliphatic heterocycles. The van der Waals surface area contributed by atoms with Crippen molar-refractivity contribution in [1.82, 2.24) is 10.6 Å². The van der Waals surface area contributed by atoms with Gasteiger partial charge in [-0.05, 0) is 6.92 Å². The highest BCUT2D eigenvalue weighted by Gasteiger charge is 2.18. The lowest BCUT2D eigenvalue weighted by Gasteiger charge is -2.16. The molecule has 0 saturated heterocycles. The van der Waals surface area contributed by atoms with Gasteiger partial charge in [0.1, 0.15) is 0 Å². The predicted octanol–water partition coefficient (Wildman–Crippen LogP) is -0.907. The third kappa shape index (κ3) is 4.63. The Labute approximate surface area is 97.9 Å². The summed E-state index contributed by atoms with van der Waals surface area (Å²) in [6, 6.07) is -0.0308. The third-order valence-electron chi connectivity index (χ3n) is 1.84. The van der Waals surface area contributed by atoms with Crippen LogP contribution >= 0.6 is 11.8 Å². The Morgan fingerprint density at radius 1 is 1.75 bits per heavy atom. The van der Waals surface area contributed by atoms with E-state index < -0.39 is 0 Å². The third-order valence-corrected chi connectivity index (χ3v) is 2.73. The number of aliphatic hydroxyl groups excluding tert-OH is 1. The van der Waals surface area contributed by atoms with Crippen LogP contribution in [0.2, 0.25) is 0 Å². The zero-order valence-electron chi connectivity index (χ0n) is 9.02. The van der Waals surface area contributed by atoms with Crippen molar-refractivity contribution in [3.8, 4) is 0 Å². The van der Waals surface area contributed by atoms with Gasteiger partial charge in [0.25, 0.3) is 0 Å². The lowest BCUT2D eigenvalue weighted by molar-refractivity contribution is -0.120. The Kier molecular flexibility index (Phi) is 5.27. The molecule has 0 saturated carbocycles. The molecule has 16 heavy (non-hydrogen) atoms. The largest absolute Gasteiger partial charge is 0.395 e. The van der Waals surface area contributed by atoms with Crippen LogP contribution in [-0.2, 0) is 9.59 Å². The van der Waals surface area contributed by atoms with Gasteiger partial charge < -0.3 is 15.7 Å². The molecule has 1 atom stereocenters. The molecule has 90 valence electrons. The zero-order chi connectivity index (χ0) is 12.0. The second kappa shape index (κ2) is 6.49. The molecule has 6 nitrogen and oxygen atoms in total. The minimum Gasteiger partial charge on any atom is -0.395 e. The van der Waals surface area contributed by atoms with Crippen LogP contribution in [0.1, 0.15) is 13.3 Å². The molecule has 0 aliphatic carbocycles. The molecule has 0 bridgehead atoms. The van der Waals surface area contributed by atoms with Crippen LogP contribution in [0.4, 0.5) is 0 Å². The normalized spacial score (nSPS) is 20.0. The Morgan fingerprint density at radius 3 is 3.12 bits per heavy atom. The van der Waals surface area contributed by atoms with Gasteiger partial charge in [-0.2, -0.15) is 0 Å². The second-order valence-electron chi connectivity index (χ2n) is 3.40. The molecule has 7 heteroatoms. The highest BCUT2D eigenvalue weighted by molar-refractivity contribution is 8.14. The number of hydrogen-bond acceptors (Lipinski definition) is 5. The van der Waals surface area contributed by atoms with Crippen molar-refractivity contribution in [2.45, 2.75) is 19.4 Å². The molecule has 1 rings (SSSR count). The first-order chi connectivity index (χ1) is 7.61. The fourth-order valence-corrected chi connectivity index (χ4v) is 1.98. The van der Waals surface area contributed by atoms with Gasteiger partial charge in [-0.1, -0.05) is 11.8 Å². The van der Waals surface area contributed by atoms with E-state index in [1.165, 1.54) is 11.8 Å². The number of thioether (sulfide) groups is 1. The van der Waals surface area contributed by atoms with Crippen LogP contribution in [0.25, 0.3) is 0 Å². The summed E-state index contributed by atoms with van der Waals surface area (Å²) in [5, 5.41) is 14.1. The minimum absolute atomic E-state index is 0.0308. The molecule has 3 N–H and O–H groups in total. The Bertz CT molecular complexity index is 306. The summed E-state index contributed by atoms with van der Waals surface area (Å²) >= 11 is 1.19. The first kappa shape index (κ1) is 13.0. The van der Waals surface area contributed by atoms with Crippen LogP contribution in [0.3, 0.4) is 0 Å². The molecule has 1 heterocycles. The highest BCUT2D eigenvalue weighted by atomic mass is 32.2. The Morgan fingerprint density at radius 2 is 2.50 bits per heavy atom. The van der Waals surface area contributed by atoms with Crippen molar-refractivity contribution in [2.75, 3.05) is 18.9 Å². The van der Waals surface area contributed by atoms with E-state index in [1.807, 2.05) is 6.92 Å². The number of carbonyl (C=O) groups is 2. The number of aliphatic hydroxyl groups is 1. The van der Waals surface area contributed by atoms with Crippen molar-refractivity contribution in [1.29, 1.82) is 0 Å². The van der Waals surface area contributed by atoms with Crippen LogP contribution in [0.15, 0.2) is 4.99 Å². The van der Waals surface area contributed by atoms with E-state index in [0.29, 0.717) is 11.6 Å². The smallest absolute Gasteiger partial charge is 0.230 e. The number of aliphatic imine (C=N–C) groups is 1. The van der Waals surface area contributed by atoms with Gasteiger partial charge in [0.15, 0.2) is 5.17 Å². The molecular weight excluding hydrogens is 230 g/mol. The summed E-state index contributed by atoms with van der Waals surface area (Å²) in [6.45, 7) is 2.02. The molecule has 0 radical (unpaired) electrons. The van der Waals surface area contributed by atoms with Gasteiger partial charge in [-0.15, -0.1) is 0 Å². The number of hydrogen-bond donors (Lipinski definition) is 3. The molecule has 0 aromatic carbocycles. The number of carbonyl (C=O) groups excluding carboxylic acids is 2. The number of amides is 2. The standard InChI is InChI=1S/C9H15N3O3S/c1-6-4-7(14)12-9(11-6)16-5-8(15)10-2-3-13/h6,13H,2-5H2,1H3,(H,10,15)(H,11,12,14). The van der Waals surface area contributed by atoms with Crippen LogP contribution < -0.4 is 10.6 Å². The monoisotopic (exact) mass is 245 g/mol. The molecule has 1 unspecified atom stereocenters. The summed E-state index contributed by atoms with van der Waals surface area (Å²) in [6.07, 6.45) is 0.390. The fourth-order valence-electron chi connectivity index (χ4n) is 1.17. The lowest BCUT2D eigenvalue weighted by Crippen LogP contribution is -2.37. The van der Waals surface area contributed by atoms with E-state index in [0.717, 1.165) is 0 Å². The molecule has 2 amide bonds.